The van der Waals surface area contributed by atoms with Crippen LogP contribution in [0.15, 0.2) is 42.5 Å². The number of H-pyrrole nitrogens is 1. The molecular formula is C22H25N3O3. The number of imidazole rings is 1. The van der Waals surface area contributed by atoms with E-state index in [9.17, 15) is 4.79 Å². The van der Waals surface area contributed by atoms with Crippen LogP contribution in [0.1, 0.15) is 37.1 Å². The van der Waals surface area contributed by atoms with Crippen LogP contribution in [0, 0.1) is 0 Å². The lowest BCUT2D eigenvalue weighted by Gasteiger charge is -2.28. The average Bonchev–Trinajstić information content (AvgIpc) is 3.39. The summed E-state index contributed by atoms with van der Waals surface area (Å²) in [6.45, 7) is 0.369. The van der Waals surface area contributed by atoms with Gasteiger partial charge < -0.3 is 19.8 Å². The van der Waals surface area contributed by atoms with Gasteiger partial charge >= 0.3 is 0 Å². The second-order valence-electron chi connectivity index (χ2n) is 7.27. The van der Waals surface area contributed by atoms with Gasteiger partial charge in [0.15, 0.2) is 0 Å². The fraction of sp³-hybridized carbons (Fsp3) is 0.364. The second-order valence-corrected chi connectivity index (χ2v) is 7.27. The van der Waals surface area contributed by atoms with E-state index in [2.05, 4.69) is 15.3 Å². The predicted octanol–water partition coefficient (Wildman–Crippen LogP) is 3.71. The lowest BCUT2D eigenvalue weighted by Crippen LogP contribution is -2.42. The minimum Gasteiger partial charge on any atom is -0.497 e. The second kappa shape index (κ2) is 7.54. The quantitative estimate of drug-likeness (QED) is 0.685. The van der Waals surface area contributed by atoms with Gasteiger partial charge in [0, 0.05) is 6.07 Å². The summed E-state index contributed by atoms with van der Waals surface area (Å²) in [5, 5.41) is 3.10. The Morgan fingerprint density at radius 1 is 1.07 bits per heavy atom. The van der Waals surface area contributed by atoms with Crippen LogP contribution in [0.25, 0.3) is 11.0 Å². The number of carbonyl (C=O) groups excluding carboxylic acids is 1. The molecule has 1 aliphatic rings. The van der Waals surface area contributed by atoms with Crippen LogP contribution in [0.2, 0.25) is 0 Å². The zero-order valence-electron chi connectivity index (χ0n) is 16.2. The number of nitrogens with one attached hydrogen (secondary N) is 2. The normalized spacial score (nSPS) is 15.5. The fourth-order valence-corrected chi connectivity index (χ4v) is 4.12. The number of aromatic nitrogens is 2. The first-order chi connectivity index (χ1) is 13.6. The lowest BCUT2D eigenvalue weighted by atomic mass is 9.78. The van der Waals surface area contributed by atoms with Gasteiger partial charge in [-0.05, 0) is 42.7 Å². The highest BCUT2D eigenvalue weighted by Crippen LogP contribution is 2.41. The van der Waals surface area contributed by atoms with Gasteiger partial charge in [-0.25, -0.2) is 4.98 Å². The Labute approximate surface area is 164 Å². The summed E-state index contributed by atoms with van der Waals surface area (Å²) in [6, 6.07) is 13.6. The van der Waals surface area contributed by atoms with Gasteiger partial charge in [-0.15, -0.1) is 0 Å². The van der Waals surface area contributed by atoms with Gasteiger partial charge in [-0.2, -0.15) is 0 Å². The first kappa shape index (κ1) is 18.3. The number of hydrogen-bond acceptors (Lipinski definition) is 4. The van der Waals surface area contributed by atoms with E-state index in [0.29, 0.717) is 6.54 Å². The van der Waals surface area contributed by atoms with Crippen molar-refractivity contribution in [1.82, 2.24) is 15.3 Å². The third kappa shape index (κ3) is 3.30. The van der Waals surface area contributed by atoms with Crippen LogP contribution >= 0.6 is 0 Å². The number of benzene rings is 2. The van der Waals surface area contributed by atoms with E-state index < -0.39 is 5.41 Å². The van der Waals surface area contributed by atoms with Gasteiger partial charge in [-0.1, -0.05) is 25.0 Å². The SMILES string of the molecule is COc1ccc(C2(C(=O)NCc3nc4ccc(OC)cc4[nH]3)CCCC2)cc1. The Bertz CT molecular complexity index is 972. The largest absolute Gasteiger partial charge is 0.497 e. The minimum atomic E-state index is -0.471. The molecule has 1 aliphatic carbocycles. The highest BCUT2D eigenvalue weighted by atomic mass is 16.5. The highest BCUT2D eigenvalue weighted by Gasteiger charge is 2.42. The topological polar surface area (TPSA) is 76.2 Å². The molecule has 6 heteroatoms. The monoisotopic (exact) mass is 379 g/mol. The maximum Gasteiger partial charge on any atom is 0.231 e. The molecule has 0 radical (unpaired) electrons. The summed E-state index contributed by atoms with van der Waals surface area (Å²) >= 11 is 0. The molecule has 2 N–H and O–H groups in total. The average molecular weight is 379 g/mol. The number of aromatic amines is 1. The molecule has 4 rings (SSSR count). The molecule has 146 valence electrons. The van der Waals surface area contributed by atoms with Gasteiger partial charge in [-0.3, -0.25) is 4.79 Å². The van der Waals surface area contributed by atoms with Crippen molar-refractivity contribution in [2.24, 2.45) is 0 Å². The molecule has 0 spiro atoms. The number of rotatable bonds is 6. The molecule has 2 aromatic carbocycles. The molecule has 1 heterocycles. The maximum atomic E-state index is 13.2. The molecule has 0 saturated heterocycles. The minimum absolute atomic E-state index is 0.0632. The number of fused-ring (bicyclic) bond motifs is 1. The van der Waals surface area contributed by atoms with E-state index in [4.69, 9.17) is 9.47 Å². The van der Waals surface area contributed by atoms with Crippen molar-refractivity contribution in [3.05, 3.63) is 53.9 Å². The molecule has 0 bridgehead atoms. The zero-order chi connectivity index (χ0) is 19.6. The first-order valence-electron chi connectivity index (χ1n) is 9.60. The lowest BCUT2D eigenvalue weighted by molar-refractivity contribution is -0.126. The van der Waals surface area contributed by atoms with E-state index in [1.54, 1.807) is 14.2 Å². The summed E-state index contributed by atoms with van der Waals surface area (Å²) < 4.78 is 10.5. The smallest absolute Gasteiger partial charge is 0.231 e. The number of amides is 1. The fourth-order valence-electron chi connectivity index (χ4n) is 4.12. The van der Waals surface area contributed by atoms with Crippen LogP contribution in [-0.2, 0) is 16.8 Å². The van der Waals surface area contributed by atoms with Crippen molar-refractivity contribution < 1.29 is 14.3 Å². The third-order valence-electron chi connectivity index (χ3n) is 5.69. The van der Waals surface area contributed by atoms with E-state index in [-0.39, 0.29) is 5.91 Å². The van der Waals surface area contributed by atoms with Crippen LogP contribution in [-0.4, -0.2) is 30.1 Å². The number of nitrogens with zero attached hydrogens (tertiary/aromatic N) is 1. The van der Waals surface area contributed by atoms with Gasteiger partial charge in [0.25, 0.3) is 0 Å². The Balaban J connectivity index is 1.52. The van der Waals surface area contributed by atoms with Crippen molar-refractivity contribution >= 4 is 16.9 Å². The van der Waals surface area contributed by atoms with Gasteiger partial charge in [0.05, 0.1) is 37.2 Å². The third-order valence-corrected chi connectivity index (χ3v) is 5.69. The molecular weight excluding hydrogens is 354 g/mol. The Morgan fingerprint density at radius 3 is 2.43 bits per heavy atom. The van der Waals surface area contributed by atoms with E-state index in [1.165, 1.54) is 0 Å². The molecule has 1 saturated carbocycles. The summed E-state index contributed by atoms with van der Waals surface area (Å²) in [4.78, 5) is 21.0. The van der Waals surface area contributed by atoms with E-state index in [0.717, 1.165) is 59.6 Å². The first-order valence-corrected chi connectivity index (χ1v) is 9.60. The molecule has 0 unspecified atom stereocenters. The summed E-state index contributed by atoms with van der Waals surface area (Å²) in [7, 11) is 3.29. The summed E-state index contributed by atoms with van der Waals surface area (Å²) in [5.41, 5.74) is 2.34. The van der Waals surface area contributed by atoms with Gasteiger partial charge in [0.1, 0.15) is 17.3 Å². The van der Waals surface area contributed by atoms with Crippen molar-refractivity contribution in [3.63, 3.8) is 0 Å². The Kier molecular flexibility index (Phi) is 4.94. The summed E-state index contributed by atoms with van der Waals surface area (Å²) in [5.74, 6) is 2.37. The Morgan fingerprint density at radius 2 is 1.75 bits per heavy atom. The van der Waals surface area contributed by atoms with Gasteiger partial charge in [0.2, 0.25) is 5.91 Å². The molecule has 3 aromatic rings. The van der Waals surface area contributed by atoms with Crippen molar-refractivity contribution in [1.29, 1.82) is 0 Å². The van der Waals surface area contributed by atoms with Crippen molar-refractivity contribution in [3.8, 4) is 11.5 Å². The van der Waals surface area contributed by atoms with Crippen molar-refractivity contribution in [2.45, 2.75) is 37.6 Å². The predicted molar refractivity (Wildman–Crippen MR) is 108 cm³/mol. The molecule has 1 aromatic heterocycles. The molecule has 0 aliphatic heterocycles. The Hall–Kier alpha value is -3.02. The van der Waals surface area contributed by atoms with Crippen LogP contribution in [0.5, 0.6) is 11.5 Å². The number of methoxy groups -OCH3 is 2. The number of carbonyl (C=O) groups is 1. The van der Waals surface area contributed by atoms with Crippen LogP contribution in [0.3, 0.4) is 0 Å². The van der Waals surface area contributed by atoms with Crippen molar-refractivity contribution in [2.75, 3.05) is 14.2 Å². The molecule has 1 fully saturated rings. The maximum absolute atomic E-state index is 13.2. The molecule has 28 heavy (non-hydrogen) atoms. The zero-order valence-corrected chi connectivity index (χ0v) is 16.2. The number of ether oxygens (including phenoxy) is 2. The molecule has 1 amide bonds. The number of hydrogen-bond donors (Lipinski definition) is 2. The summed E-state index contributed by atoms with van der Waals surface area (Å²) in [6.07, 6.45) is 3.85. The standard InChI is InChI=1S/C22H25N3O3/c1-27-16-7-5-15(6-8-16)22(11-3-4-12-22)21(26)23-14-20-24-18-10-9-17(28-2)13-19(18)25-20/h5-10,13H,3-4,11-12,14H2,1-2H3,(H,23,26)(H,24,25). The van der Waals surface area contributed by atoms with Crippen LogP contribution < -0.4 is 14.8 Å². The van der Waals surface area contributed by atoms with Crippen LogP contribution in [0.4, 0.5) is 0 Å². The van der Waals surface area contributed by atoms with E-state index in [1.807, 2.05) is 42.5 Å². The van der Waals surface area contributed by atoms with E-state index >= 15 is 0 Å². The molecule has 0 atom stereocenters. The highest BCUT2D eigenvalue weighted by molar-refractivity contribution is 5.88. The molecule has 6 nitrogen and oxygen atoms in total.